The predicted octanol–water partition coefficient (Wildman–Crippen LogP) is 3.94. The first-order valence-electron chi connectivity index (χ1n) is 8.27. The molecule has 0 atom stereocenters. The molecular formula is C20H17NO4S2. The van der Waals surface area contributed by atoms with Crippen LogP contribution in [-0.4, -0.2) is 32.7 Å². The monoisotopic (exact) mass is 399 g/mol. The van der Waals surface area contributed by atoms with Crippen molar-refractivity contribution in [2.24, 2.45) is 0 Å². The summed E-state index contributed by atoms with van der Waals surface area (Å²) < 4.78 is 6.19. The minimum absolute atomic E-state index is 0.0809. The van der Waals surface area contributed by atoms with Crippen LogP contribution in [-0.2, 0) is 16.2 Å². The van der Waals surface area contributed by atoms with E-state index >= 15 is 0 Å². The lowest BCUT2D eigenvalue weighted by Gasteiger charge is -2.12. The van der Waals surface area contributed by atoms with Gasteiger partial charge in [-0.3, -0.25) is 14.5 Å². The van der Waals surface area contributed by atoms with E-state index in [0.717, 1.165) is 11.1 Å². The van der Waals surface area contributed by atoms with Gasteiger partial charge in [-0.15, -0.1) is 0 Å². The fourth-order valence-electron chi connectivity index (χ4n) is 2.49. The normalized spacial score (nSPS) is 15.4. The van der Waals surface area contributed by atoms with E-state index in [9.17, 15) is 9.59 Å². The Morgan fingerprint density at radius 3 is 2.70 bits per heavy atom. The second-order valence-corrected chi connectivity index (χ2v) is 7.50. The number of ether oxygens (including phenoxy) is 1. The van der Waals surface area contributed by atoms with E-state index in [4.69, 9.17) is 22.1 Å². The number of rotatable bonds is 7. The van der Waals surface area contributed by atoms with Crippen LogP contribution in [0.2, 0.25) is 0 Å². The molecule has 1 amide bonds. The molecular weight excluding hydrogens is 382 g/mol. The molecule has 0 aromatic heterocycles. The maximum absolute atomic E-state index is 12.5. The van der Waals surface area contributed by atoms with Gasteiger partial charge in [-0.1, -0.05) is 66.4 Å². The van der Waals surface area contributed by atoms with Crippen molar-refractivity contribution < 1.29 is 19.4 Å². The van der Waals surface area contributed by atoms with Gasteiger partial charge in [0.15, 0.2) is 0 Å². The number of thiocarbonyl (C=S) groups is 1. The molecule has 1 fully saturated rings. The number of carboxylic acid groups (broad SMARTS) is 1. The quantitative estimate of drug-likeness (QED) is 0.562. The number of carbonyl (C=O) groups is 2. The number of hydrogen-bond acceptors (Lipinski definition) is 5. The van der Waals surface area contributed by atoms with Gasteiger partial charge in [0.05, 0.1) is 11.3 Å². The topological polar surface area (TPSA) is 66.8 Å². The second kappa shape index (κ2) is 8.83. The highest BCUT2D eigenvalue weighted by atomic mass is 32.2. The van der Waals surface area contributed by atoms with Crippen molar-refractivity contribution in [3.05, 3.63) is 70.6 Å². The van der Waals surface area contributed by atoms with E-state index in [-0.39, 0.29) is 18.9 Å². The first kappa shape index (κ1) is 19.1. The summed E-state index contributed by atoms with van der Waals surface area (Å²) in [6, 6.07) is 17.3. The largest absolute Gasteiger partial charge is 0.489 e. The zero-order chi connectivity index (χ0) is 19.2. The van der Waals surface area contributed by atoms with Gasteiger partial charge in [0.25, 0.3) is 5.91 Å². The summed E-state index contributed by atoms with van der Waals surface area (Å²) >= 11 is 6.37. The lowest BCUT2D eigenvalue weighted by atomic mass is 10.2. The van der Waals surface area contributed by atoms with Crippen molar-refractivity contribution >= 4 is 46.3 Å². The van der Waals surface area contributed by atoms with Gasteiger partial charge in [-0.2, -0.15) is 0 Å². The summed E-state index contributed by atoms with van der Waals surface area (Å²) in [4.78, 5) is 25.0. The smallest absolute Gasteiger partial charge is 0.305 e. The molecule has 0 spiro atoms. The lowest BCUT2D eigenvalue weighted by Crippen LogP contribution is -2.30. The van der Waals surface area contributed by atoms with E-state index in [1.807, 2.05) is 54.6 Å². The minimum atomic E-state index is -0.962. The van der Waals surface area contributed by atoms with E-state index in [2.05, 4.69) is 0 Å². The van der Waals surface area contributed by atoms with Crippen molar-refractivity contribution in [2.75, 3.05) is 6.54 Å². The molecule has 0 radical (unpaired) electrons. The van der Waals surface area contributed by atoms with Crippen molar-refractivity contribution in [3.63, 3.8) is 0 Å². The fourth-order valence-corrected chi connectivity index (χ4v) is 3.80. The van der Waals surface area contributed by atoms with Crippen molar-refractivity contribution in [1.82, 2.24) is 4.90 Å². The van der Waals surface area contributed by atoms with E-state index in [1.165, 1.54) is 16.7 Å². The summed E-state index contributed by atoms with van der Waals surface area (Å²) in [7, 11) is 0. The standard InChI is InChI=1S/C20H17NO4S2/c22-18(23)9-10-21-19(24)17(27-20(21)26)12-15-7-4-8-16(11-15)25-13-14-5-2-1-3-6-14/h1-8,11-12H,9-10,13H2,(H,22,23)/b17-12-. The Bertz CT molecular complexity index is 896. The summed E-state index contributed by atoms with van der Waals surface area (Å²) in [6.07, 6.45) is 1.61. The summed E-state index contributed by atoms with van der Waals surface area (Å²) in [5, 5.41) is 8.79. The van der Waals surface area contributed by atoms with Crippen LogP contribution >= 0.6 is 24.0 Å². The molecule has 5 nitrogen and oxygen atoms in total. The Balaban J connectivity index is 1.69. The minimum Gasteiger partial charge on any atom is -0.489 e. The molecule has 1 heterocycles. The van der Waals surface area contributed by atoms with Gasteiger partial charge in [0.2, 0.25) is 0 Å². The average Bonchev–Trinajstić information content (AvgIpc) is 2.92. The molecule has 7 heteroatoms. The van der Waals surface area contributed by atoms with Crippen molar-refractivity contribution in [1.29, 1.82) is 0 Å². The van der Waals surface area contributed by atoms with Crippen LogP contribution in [0.3, 0.4) is 0 Å². The molecule has 1 aliphatic rings. The predicted molar refractivity (Wildman–Crippen MR) is 109 cm³/mol. The molecule has 3 rings (SSSR count). The average molecular weight is 399 g/mol. The third-order valence-electron chi connectivity index (χ3n) is 3.83. The van der Waals surface area contributed by atoms with E-state index in [1.54, 1.807) is 6.08 Å². The molecule has 1 aliphatic heterocycles. The van der Waals surface area contributed by atoms with Crippen LogP contribution in [0.1, 0.15) is 17.5 Å². The number of hydrogen-bond donors (Lipinski definition) is 1. The highest BCUT2D eigenvalue weighted by Crippen LogP contribution is 2.33. The fraction of sp³-hybridized carbons (Fsp3) is 0.150. The van der Waals surface area contributed by atoms with Crippen LogP contribution in [0, 0.1) is 0 Å². The van der Waals surface area contributed by atoms with Crippen LogP contribution in [0.5, 0.6) is 5.75 Å². The summed E-state index contributed by atoms with van der Waals surface area (Å²) in [6.45, 7) is 0.541. The number of carbonyl (C=O) groups excluding carboxylic acids is 1. The van der Waals surface area contributed by atoms with E-state index in [0.29, 0.717) is 21.6 Å². The van der Waals surface area contributed by atoms with Gasteiger partial charge in [-0.05, 0) is 29.3 Å². The number of nitrogens with zero attached hydrogens (tertiary/aromatic N) is 1. The number of benzene rings is 2. The van der Waals surface area contributed by atoms with Gasteiger partial charge >= 0.3 is 5.97 Å². The Morgan fingerprint density at radius 1 is 1.19 bits per heavy atom. The van der Waals surface area contributed by atoms with Gasteiger partial charge in [0.1, 0.15) is 16.7 Å². The van der Waals surface area contributed by atoms with Gasteiger partial charge in [0, 0.05) is 6.54 Å². The van der Waals surface area contributed by atoms with Crippen LogP contribution in [0.25, 0.3) is 6.08 Å². The number of carboxylic acids is 1. The summed E-state index contributed by atoms with van der Waals surface area (Å²) in [5.74, 6) is -0.521. The van der Waals surface area contributed by atoms with Crippen LogP contribution in [0.4, 0.5) is 0 Å². The number of thioether (sulfide) groups is 1. The van der Waals surface area contributed by atoms with Gasteiger partial charge < -0.3 is 9.84 Å². The van der Waals surface area contributed by atoms with Crippen molar-refractivity contribution in [3.8, 4) is 5.75 Å². The van der Waals surface area contributed by atoms with E-state index < -0.39 is 5.97 Å². The Kier molecular flexibility index (Phi) is 6.26. The highest BCUT2D eigenvalue weighted by molar-refractivity contribution is 8.26. The maximum Gasteiger partial charge on any atom is 0.305 e. The van der Waals surface area contributed by atoms with Crippen LogP contribution in [0.15, 0.2) is 59.5 Å². The molecule has 1 N–H and O–H groups in total. The Morgan fingerprint density at radius 2 is 1.96 bits per heavy atom. The molecule has 2 aromatic carbocycles. The zero-order valence-corrected chi connectivity index (χ0v) is 16.0. The lowest BCUT2D eigenvalue weighted by molar-refractivity contribution is -0.137. The van der Waals surface area contributed by atoms with Gasteiger partial charge in [-0.25, -0.2) is 0 Å². The van der Waals surface area contributed by atoms with Crippen molar-refractivity contribution in [2.45, 2.75) is 13.0 Å². The Hall–Kier alpha value is -2.64. The molecule has 1 saturated heterocycles. The summed E-state index contributed by atoms with van der Waals surface area (Å²) in [5.41, 5.74) is 1.89. The molecule has 27 heavy (non-hydrogen) atoms. The first-order chi connectivity index (χ1) is 13.0. The molecule has 0 saturated carbocycles. The Labute approximate surface area is 166 Å². The number of aliphatic carboxylic acids is 1. The molecule has 0 bridgehead atoms. The third kappa shape index (κ3) is 5.18. The zero-order valence-electron chi connectivity index (χ0n) is 14.3. The highest BCUT2D eigenvalue weighted by Gasteiger charge is 2.32. The third-order valence-corrected chi connectivity index (χ3v) is 5.20. The molecule has 0 aliphatic carbocycles. The molecule has 0 unspecified atom stereocenters. The first-order valence-corrected chi connectivity index (χ1v) is 9.49. The second-order valence-electron chi connectivity index (χ2n) is 5.82. The molecule has 2 aromatic rings. The maximum atomic E-state index is 12.5. The van der Waals surface area contributed by atoms with Crippen LogP contribution < -0.4 is 4.74 Å². The molecule has 138 valence electrons. The SMILES string of the molecule is O=C(O)CCN1C(=O)/C(=C/c2cccc(OCc3ccccc3)c2)SC1=S. The number of amides is 1.